The van der Waals surface area contributed by atoms with Gasteiger partial charge in [0.15, 0.2) is 0 Å². The molecule has 0 bridgehead atoms. The fourth-order valence-electron chi connectivity index (χ4n) is 0.600. The molecule has 0 amide bonds. The molecule has 0 aliphatic carbocycles. The zero-order chi connectivity index (χ0) is 7.82. The van der Waals surface area contributed by atoms with Crippen molar-refractivity contribution in [1.29, 1.82) is 0 Å². The van der Waals surface area contributed by atoms with Gasteiger partial charge in [-0.2, -0.15) is 0 Å². The van der Waals surface area contributed by atoms with Gasteiger partial charge in [-0.3, -0.25) is 0 Å². The molecule has 0 saturated heterocycles. The van der Waals surface area contributed by atoms with Crippen LogP contribution in [-0.4, -0.2) is 0 Å². The van der Waals surface area contributed by atoms with Gasteiger partial charge in [-0.05, 0) is 19.8 Å². The molecule has 0 atom stereocenters. The van der Waals surface area contributed by atoms with E-state index in [1.807, 2.05) is 6.08 Å². The molecule has 0 aliphatic rings. The lowest BCUT2D eigenvalue weighted by molar-refractivity contribution is 1.19. The molecule has 0 spiro atoms. The van der Waals surface area contributed by atoms with Crippen molar-refractivity contribution in [3.05, 3.63) is 36.5 Å². The van der Waals surface area contributed by atoms with Gasteiger partial charge in [0.25, 0.3) is 0 Å². The second-order valence-electron chi connectivity index (χ2n) is 2.27. The standard InChI is InChI=1S/C10H16/c1-4-6-7-8-9-10(3)5-2/h5-7,9H,2,4,8H2,1,3H3/b7-6-,10-9-. The molecule has 0 unspecified atom stereocenters. The smallest absolute Gasteiger partial charge is 0.0163 e. The Bertz CT molecular complexity index is 138. The SMILES string of the molecule is C=C/C(C)=C\C/C=C\CC. The highest BCUT2D eigenvalue weighted by Crippen LogP contribution is 1.96. The lowest BCUT2D eigenvalue weighted by Gasteiger charge is -1.86. The molecule has 0 fully saturated rings. The fraction of sp³-hybridized carbons (Fsp3) is 0.400. The molecule has 0 heterocycles. The Morgan fingerprint density at radius 3 is 2.60 bits per heavy atom. The Kier molecular flexibility index (Phi) is 5.85. The third-order valence-corrected chi connectivity index (χ3v) is 1.30. The number of hydrogen-bond acceptors (Lipinski definition) is 0. The third-order valence-electron chi connectivity index (χ3n) is 1.30. The van der Waals surface area contributed by atoms with Crippen LogP contribution < -0.4 is 0 Å². The molecule has 56 valence electrons. The van der Waals surface area contributed by atoms with Crippen LogP contribution in [0.5, 0.6) is 0 Å². The Labute approximate surface area is 64.0 Å². The fourth-order valence-corrected chi connectivity index (χ4v) is 0.600. The number of allylic oxidation sites excluding steroid dienone is 5. The van der Waals surface area contributed by atoms with Crippen molar-refractivity contribution in [2.24, 2.45) is 0 Å². The predicted molar refractivity (Wildman–Crippen MR) is 48.0 cm³/mol. The molecular weight excluding hydrogens is 120 g/mol. The summed E-state index contributed by atoms with van der Waals surface area (Å²) in [6.07, 6.45) is 10.5. The zero-order valence-corrected chi connectivity index (χ0v) is 6.93. The average Bonchev–Trinajstić information content (AvgIpc) is 1.98. The van der Waals surface area contributed by atoms with Crippen LogP contribution in [0.4, 0.5) is 0 Å². The molecule has 0 saturated carbocycles. The van der Waals surface area contributed by atoms with E-state index >= 15 is 0 Å². The highest BCUT2D eigenvalue weighted by atomic mass is 13.8. The van der Waals surface area contributed by atoms with Crippen LogP contribution in [0.25, 0.3) is 0 Å². The molecule has 0 N–H and O–H groups in total. The van der Waals surface area contributed by atoms with Crippen molar-refractivity contribution in [2.45, 2.75) is 26.7 Å². The van der Waals surface area contributed by atoms with Crippen LogP contribution in [0, 0.1) is 0 Å². The van der Waals surface area contributed by atoms with Gasteiger partial charge in [0.1, 0.15) is 0 Å². The summed E-state index contributed by atoms with van der Waals surface area (Å²) in [6, 6.07) is 0. The predicted octanol–water partition coefficient (Wildman–Crippen LogP) is 3.48. The second-order valence-corrected chi connectivity index (χ2v) is 2.27. The van der Waals surface area contributed by atoms with Crippen LogP contribution in [0.1, 0.15) is 26.7 Å². The first kappa shape index (κ1) is 9.22. The van der Waals surface area contributed by atoms with Crippen LogP contribution >= 0.6 is 0 Å². The van der Waals surface area contributed by atoms with Gasteiger partial charge in [0.2, 0.25) is 0 Å². The molecule has 0 nitrogen and oxygen atoms in total. The number of hydrogen-bond donors (Lipinski definition) is 0. The first-order chi connectivity index (χ1) is 4.81. The van der Waals surface area contributed by atoms with Gasteiger partial charge < -0.3 is 0 Å². The minimum Gasteiger partial charge on any atom is -0.0988 e. The summed E-state index contributed by atoms with van der Waals surface area (Å²) in [5, 5.41) is 0. The lowest BCUT2D eigenvalue weighted by atomic mass is 10.2. The summed E-state index contributed by atoms with van der Waals surface area (Å²) in [7, 11) is 0. The maximum absolute atomic E-state index is 3.67. The topological polar surface area (TPSA) is 0 Å². The van der Waals surface area contributed by atoms with Gasteiger partial charge in [-0.1, -0.05) is 43.4 Å². The van der Waals surface area contributed by atoms with E-state index in [0.29, 0.717) is 0 Å². The van der Waals surface area contributed by atoms with E-state index in [1.165, 1.54) is 5.57 Å². The van der Waals surface area contributed by atoms with E-state index in [2.05, 4.69) is 38.7 Å². The number of rotatable bonds is 4. The Balaban J connectivity index is 3.52. The van der Waals surface area contributed by atoms with Gasteiger partial charge in [-0.25, -0.2) is 0 Å². The van der Waals surface area contributed by atoms with Crippen LogP contribution in [0.2, 0.25) is 0 Å². The molecule has 0 aromatic carbocycles. The van der Waals surface area contributed by atoms with Crippen molar-refractivity contribution in [1.82, 2.24) is 0 Å². The maximum atomic E-state index is 3.67. The summed E-state index contributed by atoms with van der Waals surface area (Å²) in [5.41, 5.74) is 1.25. The van der Waals surface area contributed by atoms with E-state index in [1.54, 1.807) is 0 Å². The van der Waals surface area contributed by atoms with E-state index in [4.69, 9.17) is 0 Å². The Hall–Kier alpha value is -0.780. The summed E-state index contributed by atoms with van der Waals surface area (Å²) < 4.78 is 0. The molecule has 10 heavy (non-hydrogen) atoms. The Morgan fingerprint density at radius 1 is 1.40 bits per heavy atom. The van der Waals surface area contributed by atoms with Crippen LogP contribution in [0.3, 0.4) is 0 Å². The van der Waals surface area contributed by atoms with Crippen LogP contribution in [0.15, 0.2) is 36.5 Å². The molecule has 0 aliphatic heterocycles. The first-order valence-electron chi connectivity index (χ1n) is 3.75. The molecule has 0 rings (SSSR count). The highest BCUT2D eigenvalue weighted by Gasteiger charge is 1.75. The van der Waals surface area contributed by atoms with Gasteiger partial charge in [0, 0.05) is 0 Å². The third kappa shape index (κ3) is 5.36. The molecule has 0 radical (unpaired) electrons. The maximum Gasteiger partial charge on any atom is -0.0163 e. The van der Waals surface area contributed by atoms with Crippen molar-refractivity contribution in [3.63, 3.8) is 0 Å². The van der Waals surface area contributed by atoms with Crippen molar-refractivity contribution >= 4 is 0 Å². The summed E-state index contributed by atoms with van der Waals surface area (Å²) >= 11 is 0. The van der Waals surface area contributed by atoms with E-state index < -0.39 is 0 Å². The average molecular weight is 136 g/mol. The van der Waals surface area contributed by atoms with Crippen molar-refractivity contribution in [3.8, 4) is 0 Å². The molecule has 0 aromatic heterocycles. The minimum absolute atomic E-state index is 1.03. The molecule has 0 heteroatoms. The zero-order valence-electron chi connectivity index (χ0n) is 6.93. The molecular formula is C10H16. The Morgan fingerprint density at radius 2 is 2.10 bits per heavy atom. The first-order valence-corrected chi connectivity index (χ1v) is 3.75. The van der Waals surface area contributed by atoms with E-state index in [0.717, 1.165) is 12.8 Å². The second kappa shape index (κ2) is 6.34. The van der Waals surface area contributed by atoms with E-state index in [9.17, 15) is 0 Å². The summed E-state index contributed by atoms with van der Waals surface area (Å²) in [5.74, 6) is 0. The van der Waals surface area contributed by atoms with Gasteiger partial charge in [-0.15, -0.1) is 0 Å². The lowest BCUT2D eigenvalue weighted by Crippen LogP contribution is -1.65. The van der Waals surface area contributed by atoms with Crippen LogP contribution in [-0.2, 0) is 0 Å². The highest BCUT2D eigenvalue weighted by molar-refractivity contribution is 5.13. The minimum atomic E-state index is 1.03. The summed E-state index contributed by atoms with van der Waals surface area (Å²) in [4.78, 5) is 0. The van der Waals surface area contributed by atoms with Crippen molar-refractivity contribution < 1.29 is 0 Å². The molecule has 0 aromatic rings. The monoisotopic (exact) mass is 136 g/mol. The quantitative estimate of drug-likeness (QED) is 0.410. The largest absolute Gasteiger partial charge is 0.0988 e. The summed E-state index contributed by atoms with van der Waals surface area (Å²) in [6.45, 7) is 7.87. The van der Waals surface area contributed by atoms with E-state index in [-0.39, 0.29) is 0 Å². The van der Waals surface area contributed by atoms with Gasteiger partial charge >= 0.3 is 0 Å². The normalized spacial score (nSPS) is 12.4. The van der Waals surface area contributed by atoms with Gasteiger partial charge in [0.05, 0.1) is 0 Å². The van der Waals surface area contributed by atoms with Crippen molar-refractivity contribution in [2.75, 3.05) is 0 Å².